The third kappa shape index (κ3) is 4.93. The average molecular weight is 477 g/mol. The van der Waals surface area contributed by atoms with Gasteiger partial charge in [-0.3, -0.25) is 9.59 Å². The highest BCUT2D eigenvalue weighted by Gasteiger charge is 2.23. The van der Waals surface area contributed by atoms with Gasteiger partial charge in [0.2, 0.25) is 15.6 Å². The zero-order valence-electron chi connectivity index (χ0n) is 18.6. The number of likely N-dealkylation sites (N-methyl/N-ethyl adjacent to an activating group) is 1. The van der Waals surface area contributed by atoms with E-state index in [1.807, 2.05) is 35.8 Å². The van der Waals surface area contributed by atoms with Crippen LogP contribution in [-0.2, 0) is 10.0 Å². The number of fused-ring (bicyclic) bond motifs is 1. The summed E-state index contributed by atoms with van der Waals surface area (Å²) in [6.45, 7) is 4.56. The van der Waals surface area contributed by atoms with Crippen molar-refractivity contribution in [1.82, 2.24) is 19.5 Å². The van der Waals surface area contributed by atoms with E-state index in [0.717, 1.165) is 5.56 Å². The lowest BCUT2D eigenvalue weighted by molar-refractivity contribution is 0.0943. The molecule has 0 radical (unpaired) electrons. The van der Waals surface area contributed by atoms with Gasteiger partial charge in [-0.2, -0.15) is 15.6 Å². The average Bonchev–Trinajstić information content (AvgIpc) is 3.27. The zero-order valence-corrected chi connectivity index (χ0v) is 20.2. The number of hydrogen-bond acceptors (Lipinski definition) is 6. The first-order valence-electron chi connectivity index (χ1n) is 10.3. The van der Waals surface area contributed by atoms with Gasteiger partial charge in [0.25, 0.3) is 5.91 Å². The number of pyridine rings is 1. The summed E-state index contributed by atoms with van der Waals surface area (Å²) in [4.78, 5) is 30.0. The van der Waals surface area contributed by atoms with Crippen LogP contribution in [0.3, 0.4) is 0 Å². The molecule has 1 amide bonds. The van der Waals surface area contributed by atoms with Crippen LogP contribution < -0.4 is 10.9 Å². The second-order valence-corrected chi connectivity index (χ2v) is 10.3. The van der Waals surface area contributed by atoms with Crippen molar-refractivity contribution in [1.29, 1.82) is 0 Å². The second kappa shape index (κ2) is 9.95. The molecule has 2 heterocycles. The first-order valence-corrected chi connectivity index (χ1v) is 12.7. The molecular weight excluding hydrogens is 448 g/mol. The SMILES string of the molecule is CCN(CC)S(=O)(=O)c1ccc2[nH]c(=O)cc(C(=O)NCC(c3ccsc3)N(C)C)c2c1. The van der Waals surface area contributed by atoms with Crippen molar-refractivity contribution in [3.63, 3.8) is 0 Å². The summed E-state index contributed by atoms with van der Waals surface area (Å²) in [7, 11) is 0.156. The van der Waals surface area contributed by atoms with Crippen molar-refractivity contribution in [2.75, 3.05) is 33.7 Å². The molecule has 172 valence electrons. The van der Waals surface area contributed by atoms with Crippen LogP contribution in [0.15, 0.2) is 50.8 Å². The molecule has 0 spiro atoms. The first-order chi connectivity index (χ1) is 15.2. The Morgan fingerprint density at radius 1 is 1.16 bits per heavy atom. The maximum atomic E-state index is 13.1. The molecule has 8 nitrogen and oxygen atoms in total. The van der Waals surface area contributed by atoms with Crippen molar-refractivity contribution in [2.45, 2.75) is 24.8 Å². The largest absolute Gasteiger partial charge is 0.350 e. The van der Waals surface area contributed by atoms with Crippen LogP contribution in [0.2, 0.25) is 0 Å². The van der Waals surface area contributed by atoms with Crippen molar-refractivity contribution in [2.24, 2.45) is 0 Å². The summed E-state index contributed by atoms with van der Waals surface area (Å²) >= 11 is 1.58. The Morgan fingerprint density at radius 2 is 1.88 bits per heavy atom. The number of aromatic amines is 1. The van der Waals surface area contributed by atoms with Crippen LogP contribution in [-0.4, -0.2) is 62.2 Å². The Bertz CT molecular complexity index is 1250. The van der Waals surface area contributed by atoms with Crippen molar-refractivity contribution in [3.05, 3.63) is 62.6 Å². The lowest BCUT2D eigenvalue weighted by atomic mass is 10.1. The number of nitrogens with zero attached hydrogens (tertiary/aromatic N) is 2. The molecule has 3 rings (SSSR count). The summed E-state index contributed by atoms with van der Waals surface area (Å²) in [6, 6.07) is 7.62. The van der Waals surface area contributed by atoms with Crippen molar-refractivity contribution >= 4 is 38.2 Å². The third-order valence-electron chi connectivity index (χ3n) is 5.41. The highest BCUT2D eigenvalue weighted by Crippen LogP contribution is 2.24. The molecule has 0 bridgehead atoms. The zero-order chi connectivity index (χ0) is 23.5. The van der Waals surface area contributed by atoms with Gasteiger partial charge in [-0.1, -0.05) is 13.8 Å². The summed E-state index contributed by atoms with van der Waals surface area (Å²) in [5, 5.41) is 7.30. The predicted molar refractivity (Wildman–Crippen MR) is 128 cm³/mol. The number of rotatable bonds is 9. The van der Waals surface area contributed by atoms with Crippen LogP contribution in [0.4, 0.5) is 0 Å². The Hall–Kier alpha value is -2.53. The van der Waals surface area contributed by atoms with Crippen molar-refractivity contribution in [3.8, 4) is 0 Å². The number of carbonyl (C=O) groups excluding carboxylic acids is 1. The topological polar surface area (TPSA) is 103 Å². The van der Waals surface area contributed by atoms with Gasteiger partial charge in [0.1, 0.15) is 0 Å². The smallest absolute Gasteiger partial charge is 0.252 e. The molecule has 3 aromatic rings. The normalized spacial score (nSPS) is 13.1. The van der Waals surface area contributed by atoms with E-state index in [1.54, 1.807) is 25.2 Å². The second-order valence-electron chi connectivity index (χ2n) is 7.59. The lowest BCUT2D eigenvalue weighted by Crippen LogP contribution is -2.35. The van der Waals surface area contributed by atoms with Gasteiger partial charge in [-0.15, -0.1) is 0 Å². The summed E-state index contributed by atoms with van der Waals surface area (Å²) in [5.74, 6) is -0.430. The molecule has 0 aliphatic rings. The Labute approximate surface area is 191 Å². The van der Waals surface area contributed by atoms with Crippen LogP contribution >= 0.6 is 11.3 Å². The fourth-order valence-electron chi connectivity index (χ4n) is 3.64. The van der Waals surface area contributed by atoms with Gasteiger partial charge in [0, 0.05) is 36.6 Å². The van der Waals surface area contributed by atoms with Crippen LogP contribution in [0.5, 0.6) is 0 Å². The maximum Gasteiger partial charge on any atom is 0.252 e. The van der Waals surface area contributed by atoms with Gasteiger partial charge in [-0.05, 0) is 54.7 Å². The van der Waals surface area contributed by atoms with E-state index in [4.69, 9.17) is 0 Å². The molecule has 0 fully saturated rings. The minimum Gasteiger partial charge on any atom is -0.350 e. The fourth-order valence-corrected chi connectivity index (χ4v) is 5.83. The number of H-pyrrole nitrogens is 1. The number of nitrogens with one attached hydrogen (secondary N) is 2. The predicted octanol–water partition coefficient (Wildman–Crippen LogP) is 2.65. The molecule has 2 N–H and O–H groups in total. The van der Waals surface area contributed by atoms with E-state index in [9.17, 15) is 18.0 Å². The van der Waals surface area contributed by atoms with Gasteiger partial charge in [-0.25, -0.2) is 8.42 Å². The number of aromatic nitrogens is 1. The first kappa shape index (κ1) is 24.1. The van der Waals surface area contributed by atoms with E-state index in [2.05, 4.69) is 10.3 Å². The number of thiophene rings is 1. The molecule has 1 atom stereocenters. The van der Waals surface area contributed by atoms with Gasteiger partial charge in [0.15, 0.2) is 0 Å². The molecule has 0 saturated carbocycles. The number of hydrogen-bond donors (Lipinski definition) is 2. The van der Waals surface area contributed by atoms with E-state index in [1.165, 1.54) is 28.6 Å². The van der Waals surface area contributed by atoms with Crippen molar-refractivity contribution < 1.29 is 13.2 Å². The molecule has 10 heteroatoms. The number of benzene rings is 1. The van der Waals surface area contributed by atoms with E-state index in [0.29, 0.717) is 30.5 Å². The summed E-state index contributed by atoms with van der Waals surface area (Å²) < 4.78 is 27.3. The summed E-state index contributed by atoms with van der Waals surface area (Å²) in [5.41, 5.74) is 1.21. The maximum absolute atomic E-state index is 13.1. The summed E-state index contributed by atoms with van der Waals surface area (Å²) in [6.07, 6.45) is 0. The Kier molecular flexibility index (Phi) is 7.50. The van der Waals surface area contributed by atoms with Gasteiger partial charge >= 0.3 is 0 Å². The molecule has 0 saturated heterocycles. The standard InChI is InChI=1S/C22H28N4O4S2/c1-5-26(6-2)32(29,30)16-7-8-19-17(11-16)18(12-21(27)24-19)22(28)23-13-20(25(3)4)15-9-10-31-14-15/h7-12,14,20H,5-6,13H2,1-4H3,(H,23,28)(H,24,27). The molecule has 1 aromatic carbocycles. The van der Waals surface area contributed by atoms with Crippen LogP contribution in [0.25, 0.3) is 10.9 Å². The number of sulfonamides is 1. The lowest BCUT2D eigenvalue weighted by Gasteiger charge is -2.24. The monoisotopic (exact) mass is 476 g/mol. The molecule has 32 heavy (non-hydrogen) atoms. The Morgan fingerprint density at radius 3 is 2.47 bits per heavy atom. The third-order valence-corrected chi connectivity index (χ3v) is 8.16. The number of amides is 1. The van der Waals surface area contributed by atoms with Gasteiger partial charge in [0.05, 0.1) is 16.5 Å². The van der Waals surface area contributed by atoms with E-state index in [-0.39, 0.29) is 16.5 Å². The van der Waals surface area contributed by atoms with E-state index < -0.39 is 21.5 Å². The molecule has 1 unspecified atom stereocenters. The van der Waals surface area contributed by atoms with Gasteiger partial charge < -0.3 is 15.2 Å². The van der Waals surface area contributed by atoms with E-state index >= 15 is 0 Å². The molecule has 0 aliphatic heterocycles. The van der Waals surface area contributed by atoms with Crippen LogP contribution in [0, 0.1) is 0 Å². The molecule has 0 aliphatic carbocycles. The highest BCUT2D eigenvalue weighted by molar-refractivity contribution is 7.89. The minimum atomic E-state index is -3.71. The van der Waals surface area contributed by atoms with Crippen LogP contribution in [0.1, 0.15) is 35.8 Å². The minimum absolute atomic E-state index is 0.0305. The molecular formula is C22H28N4O4S2. The fraction of sp³-hybridized carbons (Fsp3) is 0.364. The highest BCUT2D eigenvalue weighted by atomic mass is 32.2. The Balaban J connectivity index is 1.98. The molecule has 2 aromatic heterocycles. The quantitative estimate of drug-likeness (QED) is 0.494. The number of carbonyl (C=O) groups is 1.